The van der Waals surface area contributed by atoms with Gasteiger partial charge in [0.05, 0.1) is 58.7 Å². The Hall–Kier alpha value is -3.53. The van der Waals surface area contributed by atoms with Gasteiger partial charge in [0.2, 0.25) is 0 Å². The summed E-state index contributed by atoms with van der Waals surface area (Å²) in [4.78, 5) is 15.4. The van der Waals surface area contributed by atoms with E-state index in [1.165, 1.54) is 18.4 Å². The van der Waals surface area contributed by atoms with Gasteiger partial charge in [-0.25, -0.2) is 4.39 Å². The van der Waals surface area contributed by atoms with Gasteiger partial charge in [-0.05, 0) is 62.4 Å². The van der Waals surface area contributed by atoms with Gasteiger partial charge in [0.25, 0.3) is 5.91 Å². The molecule has 1 aromatic heterocycles. The van der Waals surface area contributed by atoms with Gasteiger partial charge in [-0.2, -0.15) is 13.2 Å². The van der Waals surface area contributed by atoms with Crippen LogP contribution in [0.25, 0.3) is 10.1 Å². The molecule has 5 rings (SSSR count). The first-order valence-corrected chi connectivity index (χ1v) is 15.9. The normalized spacial score (nSPS) is 22.4. The number of alkyl halides is 4. The van der Waals surface area contributed by atoms with Gasteiger partial charge in [0, 0.05) is 25.7 Å². The van der Waals surface area contributed by atoms with E-state index in [4.69, 9.17) is 9.47 Å². The van der Waals surface area contributed by atoms with Gasteiger partial charge >= 0.3 is 6.18 Å². The lowest BCUT2D eigenvalue weighted by atomic mass is 10.0. The maximum absolute atomic E-state index is 14.8. The van der Waals surface area contributed by atoms with E-state index < -0.39 is 24.8 Å². The third kappa shape index (κ3) is 8.20. The molecule has 242 valence electrons. The summed E-state index contributed by atoms with van der Waals surface area (Å²) < 4.78 is 67.6. The molecule has 0 radical (unpaired) electrons. The summed E-state index contributed by atoms with van der Waals surface area (Å²) in [6, 6.07) is 9.79. The van der Waals surface area contributed by atoms with Crippen LogP contribution in [-0.2, 0) is 11.2 Å². The number of amides is 1. The number of para-hydroxylation sites is 1. The minimum atomic E-state index is -4.44. The van der Waals surface area contributed by atoms with E-state index in [9.17, 15) is 22.4 Å². The Bertz CT molecular complexity index is 1570. The smallest absolute Gasteiger partial charge is 0.393 e. The van der Waals surface area contributed by atoms with Crippen molar-refractivity contribution in [3.05, 3.63) is 52.4 Å². The predicted octanol–water partition coefficient (Wildman–Crippen LogP) is 6.23. The molecule has 7 nitrogen and oxygen atoms in total. The van der Waals surface area contributed by atoms with Crippen LogP contribution in [0.3, 0.4) is 0 Å². The highest BCUT2D eigenvalue weighted by atomic mass is 32.1. The van der Waals surface area contributed by atoms with Gasteiger partial charge in [-0.3, -0.25) is 4.79 Å². The molecule has 4 atom stereocenters. The number of nitrogens with zero attached hydrogens (tertiary/aromatic N) is 1. The van der Waals surface area contributed by atoms with Gasteiger partial charge < -0.3 is 30.3 Å². The summed E-state index contributed by atoms with van der Waals surface area (Å²) in [7, 11) is 3.36. The summed E-state index contributed by atoms with van der Waals surface area (Å²) in [5.41, 5.74) is 1.53. The molecule has 0 spiro atoms. The summed E-state index contributed by atoms with van der Waals surface area (Å²) in [6.07, 6.45) is -4.59. The number of nitrogens with one attached hydrogen (secondary N) is 3. The van der Waals surface area contributed by atoms with Crippen LogP contribution in [0.5, 0.6) is 5.75 Å². The zero-order valence-electron chi connectivity index (χ0n) is 25.5. The SMILES string of the molecule is COc1cccc(C(=O)NC2CCOC(C)C2)c1NCC#Cc1sc2c(NC3CCN(C)CC3F)cccc2c1CC(F)(F)F. The number of hydrogen-bond donors (Lipinski definition) is 3. The second-order valence-electron chi connectivity index (χ2n) is 11.6. The van der Waals surface area contributed by atoms with Crippen molar-refractivity contribution >= 4 is 38.7 Å². The lowest BCUT2D eigenvalue weighted by molar-refractivity contribution is -0.126. The number of anilines is 2. The fraction of sp³-hybridized carbons (Fsp3) is 0.485. The van der Waals surface area contributed by atoms with Crippen molar-refractivity contribution in [3.8, 4) is 17.6 Å². The van der Waals surface area contributed by atoms with E-state index in [1.807, 2.05) is 18.9 Å². The molecule has 4 unspecified atom stereocenters. The van der Waals surface area contributed by atoms with Gasteiger partial charge in [-0.1, -0.05) is 30.0 Å². The molecule has 2 fully saturated rings. The first-order valence-electron chi connectivity index (χ1n) is 15.0. The number of likely N-dealkylation sites (tertiary alicyclic amines) is 1. The van der Waals surface area contributed by atoms with Gasteiger partial charge in [-0.15, -0.1) is 11.3 Å². The molecule has 0 bridgehead atoms. The lowest BCUT2D eigenvalue weighted by Crippen LogP contribution is -2.46. The number of benzene rings is 2. The third-order valence-electron chi connectivity index (χ3n) is 8.15. The average Bonchev–Trinajstić information content (AvgIpc) is 3.33. The molecule has 3 N–H and O–H groups in total. The van der Waals surface area contributed by atoms with Crippen LogP contribution >= 0.6 is 11.3 Å². The van der Waals surface area contributed by atoms with Gasteiger partial charge in [0.1, 0.15) is 11.9 Å². The molecule has 2 saturated heterocycles. The van der Waals surface area contributed by atoms with Gasteiger partial charge in [0.15, 0.2) is 0 Å². The Kier molecular flexibility index (Phi) is 10.4. The highest BCUT2D eigenvalue weighted by molar-refractivity contribution is 7.20. The van der Waals surface area contributed by atoms with E-state index in [-0.39, 0.29) is 30.2 Å². The second-order valence-corrected chi connectivity index (χ2v) is 12.6. The highest BCUT2D eigenvalue weighted by Gasteiger charge is 2.32. The molecule has 2 aliphatic heterocycles. The monoisotopic (exact) mass is 646 g/mol. The number of fused-ring (bicyclic) bond motifs is 1. The number of thiophene rings is 1. The number of piperidine rings is 1. The highest BCUT2D eigenvalue weighted by Crippen LogP contribution is 2.39. The largest absolute Gasteiger partial charge is 0.495 e. The summed E-state index contributed by atoms with van der Waals surface area (Å²) >= 11 is 1.17. The Morgan fingerprint density at radius 1 is 1.20 bits per heavy atom. The fourth-order valence-electron chi connectivity index (χ4n) is 5.90. The van der Waals surface area contributed by atoms with Crippen LogP contribution < -0.4 is 20.7 Å². The number of ether oxygens (including phenoxy) is 2. The molecule has 0 aliphatic carbocycles. The molecule has 0 saturated carbocycles. The molecule has 2 aliphatic rings. The quantitative estimate of drug-likeness (QED) is 0.199. The first kappa shape index (κ1) is 32.9. The molecular weight excluding hydrogens is 608 g/mol. The van der Waals surface area contributed by atoms with Crippen molar-refractivity contribution in [1.29, 1.82) is 0 Å². The number of carbonyl (C=O) groups is 1. The number of rotatable bonds is 8. The van der Waals surface area contributed by atoms with Crippen LogP contribution in [0.1, 0.15) is 47.0 Å². The zero-order valence-corrected chi connectivity index (χ0v) is 26.3. The van der Waals surface area contributed by atoms with Crippen LogP contribution in [-0.4, -0.2) is 81.7 Å². The average molecular weight is 647 g/mol. The molecule has 2 aromatic carbocycles. The Labute approximate surface area is 264 Å². The van der Waals surface area contributed by atoms with E-state index in [1.54, 1.807) is 36.4 Å². The number of carbonyl (C=O) groups excluding carboxylic acids is 1. The maximum Gasteiger partial charge on any atom is 0.393 e. The van der Waals surface area contributed by atoms with Crippen LogP contribution in [0.15, 0.2) is 36.4 Å². The summed E-state index contributed by atoms with van der Waals surface area (Å²) in [6.45, 7) is 3.62. The molecule has 12 heteroatoms. The third-order valence-corrected chi connectivity index (χ3v) is 9.34. The Balaban J connectivity index is 1.38. The van der Waals surface area contributed by atoms with Crippen molar-refractivity contribution in [3.63, 3.8) is 0 Å². The molecule has 1 amide bonds. The second kappa shape index (κ2) is 14.3. The summed E-state index contributed by atoms with van der Waals surface area (Å²) in [5, 5.41) is 9.92. The van der Waals surface area contributed by atoms with Crippen molar-refractivity contribution < 1.29 is 31.8 Å². The minimum Gasteiger partial charge on any atom is -0.495 e. The Morgan fingerprint density at radius 3 is 2.73 bits per heavy atom. The minimum absolute atomic E-state index is 0.0188. The predicted molar refractivity (Wildman–Crippen MR) is 170 cm³/mol. The molecule has 3 aromatic rings. The molecular formula is C33H38F4N4O3S. The topological polar surface area (TPSA) is 74.9 Å². The number of halogens is 4. The summed E-state index contributed by atoms with van der Waals surface area (Å²) in [5.74, 6) is 6.07. The van der Waals surface area contributed by atoms with E-state index in [0.29, 0.717) is 70.1 Å². The van der Waals surface area contributed by atoms with E-state index in [2.05, 4.69) is 27.8 Å². The zero-order chi connectivity index (χ0) is 32.1. The van der Waals surface area contributed by atoms with Crippen LogP contribution in [0.2, 0.25) is 0 Å². The fourth-order valence-corrected chi connectivity index (χ4v) is 7.07. The lowest BCUT2D eigenvalue weighted by Gasteiger charge is -2.33. The number of hydrogen-bond acceptors (Lipinski definition) is 7. The Morgan fingerprint density at radius 2 is 2.00 bits per heavy atom. The van der Waals surface area contributed by atoms with Crippen LogP contribution in [0, 0.1) is 11.8 Å². The molecule has 45 heavy (non-hydrogen) atoms. The molecule has 3 heterocycles. The van der Waals surface area contributed by atoms with E-state index in [0.717, 1.165) is 6.54 Å². The van der Waals surface area contributed by atoms with Crippen molar-refractivity contribution in [2.45, 2.75) is 63.1 Å². The van der Waals surface area contributed by atoms with Crippen molar-refractivity contribution in [2.24, 2.45) is 0 Å². The number of methoxy groups -OCH3 is 1. The maximum atomic E-state index is 14.8. The first-order chi connectivity index (χ1) is 21.5. The van der Waals surface area contributed by atoms with Crippen molar-refractivity contribution in [1.82, 2.24) is 10.2 Å². The van der Waals surface area contributed by atoms with Crippen molar-refractivity contribution in [2.75, 3.05) is 51.0 Å². The van der Waals surface area contributed by atoms with E-state index >= 15 is 0 Å². The standard InChI is InChI=1S/C33H38F4N4O3S/c1-20-17-21(13-16-44-20)39-32(42)23-8-5-10-28(43-3)30(23)38-14-6-11-29-24(18-33(35,36)37)22-7-4-9-27(31(22)45-29)40-26-12-15-41(2)19-25(26)34/h4-5,7-10,20-21,25-26,38,40H,12-19H2,1-3H3,(H,39,42). The van der Waals surface area contributed by atoms with Crippen LogP contribution in [0.4, 0.5) is 28.9 Å².